The third-order valence-electron chi connectivity index (χ3n) is 6.88. The van der Waals surface area contributed by atoms with Crippen LogP contribution in [0.3, 0.4) is 0 Å². The Kier molecular flexibility index (Phi) is 6.09. The second-order valence-electron chi connectivity index (χ2n) is 9.17. The minimum absolute atomic E-state index is 0.0304. The van der Waals surface area contributed by atoms with Crippen LogP contribution in [0.1, 0.15) is 34.7 Å². The highest BCUT2D eigenvalue weighted by Crippen LogP contribution is 2.30. The zero-order chi connectivity index (χ0) is 25.4. The van der Waals surface area contributed by atoms with Gasteiger partial charge in [-0.05, 0) is 60.7 Å². The molecule has 1 N–H and O–H groups in total. The number of nitrogens with one attached hydrogen (secondary N) is 1. The zero-order valence-corrected chi connectivity index (χ0v) is 20.6. The second kappa shape index (κ2) is 9.70. The summed E-state index contributed by atoms with van der Waals surface area (Å²) in [5.41, 5.74) is 3.77. The number of hydrogen-bond donors (Lipinski definition) is 1. The molecule has 0 aliphatic carbocycles. The van der Waals surface area contributed by atoms with Gasteiger partial charge in [0, 0.05) is 48.1 Å². The topological polar surface area (TPSA) is 93.0 Å². The first kappa shape index (κ1) is 23.2. The van der Waals surface area contributed by atoms with Gasteiger partial charge in [0.1, 0.15) is 17.9 Å². The Morgan fingerprint density at radius 3 is 2.70 bits per heavy atom. The number of halogens is 1. The van der Waals surface area contributed by atoms with E-state index in [0.29, 0.717) is 46.7 Å². The van der Waals surface area contributed by atoms with Gasteiger partial charge in [-0.3, -0.25) is 9.59 Å². The molecule has 3 aromatic heterocycles. The Morgan fingerprint density at radius 1 is 1.08 bits per heavy atom. The van der Waals surface area contributed by atoms with Crippen molar-refractivity contribution in [2.24, 2.45) is 0 Å². The van der Waals surface area contributed by atoms with Crippen LogP contribution >= 0.6 is 11.5 Å². The highest BCUT2D eigenvalue weighted by molar-refractivity contribution is 7.12. The molecule has 10 heteroatoms. The zero-order valence-electron chi connectivity index (χ0n) is 19.8. The van der Waals surface area contributed by atoms with Crippen molar-refractivity contribution in [1.29, 1.82) is 0 Å². The van der Waals surface area contributed by atoms with Crippen molar-refractivity contribution < 1.29 is 14.0 Å². The third-order valence-corrected chi connectivity index (χ3v) is 7.53. The molecule has 186 valence electrons. The van der Waals surface area contributed by atoms with Crippen molar-refractivity contribution in [1.82, 2.24) is 24.0 Å². The van der Waals surface area contributed by atoms with Crippen molar-refractivity contribution in [3.63, 3.8) is 0 Å². The van der Waals surface area contributed by atoms with E-state index in [0.717, 1.165) is 17.7 Å². The molecule has 0 unspecified atom stereocenters. The molecular formula is C27H23FN6O2S. The number of carbonyl (C=O) groups excluding carboxylic acids is 2. The van der Waals surface area contributed by atoms with Crippen LogP contribution in [-0.4, -0.2) is 48.9 Å². The molecule has 8 nitrogen and oxygen atoms in total. The van der Waals surface area contributed by atoms with Crippen LogP contribution in [-0.2, 0) is 11.3 Å². The molecule has 37 heavy (non-hydrogen) atoms. The number of pyridine rings is 1. The fourth-order valence-electron chi connectivity index (χ4n) is 4.92. The third kappa shape index (κ3) is 4.67. The minimum atomic E-state index is -0.297. The summed E-state index contributed by atoms with van der Waals surface area (Å²) in [6, 6.07) is 16.2. The Hall–Kier alpha value is -4.18. The minimum Gasteiger partial charge on any atom is -0.339 e. The predicted octanol–water partition coefficient (Wildman–Crippen LogP) is 4.84. The predicted molar refractivity (Wildman–Crippen MR) is 140 cm³/mol. The number of anilines is 1. The van der Waals surface area contributed by atoms with Crippen LogP contribution in [0.4, 0.5) is 10.1 Å². The molecule has 0 radical (unpaired) electrons. The Morgan fingerprint density at radius 2 is 1.89 bits per heavy atom. The number of likely N-dealkylation sites (tertiary alicyclic amines) is 1. The van der Waals surface area contributed by atoms with Crippen LogP contribution in [0.25, 0.3) is 21.3 Å². The van der Waals surface area contributed by atoms with Gasteiger partial charge in [0.2, 0.25) is 5.91 Å². The molecule has 0 bridgehead atoms. The SMILES string of the molecule is O=C(Cn1ccc2c(F)cccc21)Nc1ccc(C2CCN(C(=O)c3cnc4snnc4c3)CC2)cc1. The van der Waals surface area contributed by atoms with Gasteiger partial charge in [0.15, 0.2) is 4.83 Å². The molecule has 1 saturated heterocycles. The van der Waals surface area contributed by atoms with Crippen molar-refractivity contribution in [3.8, 4) is 0 Å². The molecule has 0 saturated carbocycles. The summed E-state index contributed by atoms with van der Waals surface area (Å²) in [7, 11) is 0. The fourth-order valence-corrected chi connectivity index (χ4v) is 5.42. The Labute approximate surface area is 215 Å². The van der Waals surface area contributed by atoms with Crippen LogP contribution in [0.15, 0.2) is 67.0 Å². The van der Waals surface area contributed by atoms with E-state index in [9.17, 15) is 14.0 Å². The van der Waals surface area contributed by atoms with Gasteiger partial charge in [-0.2, -0.15) is 0 Å². The summed E-state index contributed by atoms with van der Waals surface area (Å²) >= 11 is 1.21. The van der Waals surface area contributed by atoms with E-state index >= 15 is 0 Å². The van der Waals surface area contributed by atoms with Gasteiger partial charge in [0.25, 0.3) is 5.91 Å². The summed E-state index contributed by atoms with van der Waals surface area (Å²) in [5.74, 6) is -0.160. The summed E-state index contributed by atoms with van der Waals surface area (Å²) in [5, 5.41) is 7.43. The number of benzene rings is 2. The quantitative estimate of drug-likeness (QED) is 0.362. The Bertz CT molecular complexity index is 1600. The number of hydrogen-bond acceptors (Lipinski definition) is 6. The van der Waals surface area contributed by atoms with Crippen molar-refractivity contribution in [3.05, 3.63) is 83.9 Å². The van der Waals surface area contributed by atoms with Gasteiger partial charge in [-0.15, -0.1) is 5.10 Å². The van der Waals surface area contributed by atoms with E-state index < -0.39 is 0 Å². The smallest absolute Gasteiger partial charge is 0.255 e. The lowest BCUT2D eigenvalue weighted by Crippen LogP contribution is -2.38. The number of nitrogens with zero attached hydrogens (tertiary/aromatic N) is 5. The molecule has 1 aliphatic heterocycles. The maximum absolute atomic E-state index is 13.9. The molecule has 2 aromatic carbocycles. The summed E-state index contributed by atoms with van der Waals surface area (Å²) in [6.45, 7) is 1.43. The van der Waals surface area contributed by atoms with E-state index in [-0.39, 0.29) is 24.2 Å². The number of piperidine rings is 1. The fraction of sp³-hybridized carbons (Fsp3) is 0.222. The Balaban J connectivity index is 1.04. The standard InChI is InChI=1S/C27H23FN6O2S/c28-22-2-1-3-24-21(22)10-13-34(24)16-25(35)30-20-6-4-17(5-7-20)18-8-11-33(12-9-18)27(36)19-14-23-26(29-15-19)37-32-31-23/h1-7,10,13-15,18H,8-9,11-12,16H2,(H,30,35). The van der Waals surface area contributed by atoms with E-state index in [1.165, 1.54) is 23.2 Å². The average Bonchev–Trinajstić information content (AvgIpc) is 3.56. The molecule has 1 fully saturated rings. The molecule has 0 spiro atoms. The molecule has 6 rings (SSSR count). The van der Waals surface area contributed by atoms with E-state index in [2.05, 4.69) is 19.9 Å². The lowest BCUT2D eigenvalue weighted by Gasteiger charge is -2.32. The van der Waals surface area contributed by atoms with Crippen molar-refractivity contribution in [2.45, 2.75) is 25.3 Å². The van der Waals surface area contributed by atoms with E-state index in [1.54, 1.807) is 41.2 Å². The monoisotopic (exact) mass is 514 g/mol. The number of carbonyl (C=O) groups is 2. The van der Waals surface area contributed by atoms with Crippen LogP contribution in [0.2, 0.25) is 0 Å². The first-order valence-corrected chi connectivity index (χ1v) is 12.8. The van der Waals surface area contributed by atoms with Gasteiger partial charge in [0.05, 0.1) is 11.1 Å². The van der Waals surface area contributed by atoms with E-state index in [4.69, 9.17) is 0 Å². The van der Waals surface area contributed by atoms with Crippen LogP contribution < -0.4 is 5.32 Å². The lowest BCUT2D eigenvalue weighted by atomic mass is 9.89. The van der Waals surface area contributed by atoms with Gasteiger partial charge in [-0.1, -0.05) is 22.7 Å². The molecule has 5 aromatic rings. The van der Waals surface area contributed by atoms with Crippen LogP contribution in [0.5, 0.6) is 0 Å². The summed E-state index contributed by atoms with van der Waals surface area (Å²) in [4.78, 5) is 32.4. The maximum Gasteiger partial charge on any atom is 0.255 e. The van der Waals surface area contributed by atoms with Gasteiger partial charge in [-0.25, -0.2) is 9.37 Å². The first-order valence-electron chi connectivity index (χ1n) is 12.1. The highest BCUT2D eigenvalue weighted by atomic mass is 32.1. The molecule has 0 atom stereocenters. The maximum atomic E-state index is 13.9. The normalized spacial score (nSPS) is 14.4. The molecule has 4 heterocycles. The highest BCUT2D eigenvalue weighted by Gasteiger charge is 2.25. The first-order chi connectivity index (χ1) is 18.0. The average molecular weight is 515 g/mol. The number of aromatic nitrogens is 4. The molecular weight excluding hydrogens is 491 g/mol. The summed E-state index contributed by atoms with van der Waals surface area (Å²) < 4.78 is 19.5. The number of amides is 2. The van der Waals surface area contributed by atoms with Crippen molar-refractivity contribution >= 4 is 50.3 Å². The molecule has 2 amide bonds. The van der Waals surface area contributed by atoms with Gasteiger partial charge >= 0.3 is 0 Å². The summed E-state index contributed by atoms with van der Waals surface area (Å²) in [6.07, 6.45) is 5.05. The number of fused-ring (bicyclic) bond motifs is 2. The lowest BCUT2D eigenvalue weighted by molar-refractivity contribution is -0.116. The largest absolute Gasteiger partial charge is 0.339 e. The van der Waals surface area contributed by atoms with Crippen LogP contribution in [0, 0.1) is 5.82 Å². The molecule has 1 aliphatic rings. The van der Waals surface area contributed by atoms with Gasteiger partial charge < -0.3 is 14.8 Å². The second-order valence-corrected chi connectivity index (χ2v) is 9.91. The van der Waals surface area contributed by atoms with E-state index in [1.807, 2.05) is 29.2 Å². The number of rotatable bonds is 5. The van der Waals surface area contributed by atoms with Crippen molar-refractivity contribution in [2.75, 3.05) is 18.4 Å².